The number of hydrogen-bond acceptors (Lipinski definition) is 7. The second kappa shape index (κ2) is 7.55. The molecule has 8 heteroatoms. The lowest BCUT2D eigenvalue weighted by Crippen LogP contribution is -2.52. The van der Waals surface area contributed by atoms with E-state index < -0.39 is 5.60 Å². The fourth-order valence-electron chi connectivity index (χ4n) is 2.49. The average molecular weight is 364 g/mol. The summed E-state index contributed by atoms with van der Waals surface area (Å²) in [4.78, 5) is 22.4. The first-order valence-electron chi connectivity index (χ1n) is 9.01. The molecule has 1 aliphatic rings. The van der Waals surface area contributed by atoms with Crippen molar-refractivity contribution >= 4 is 23.7 Å². The molecule has 0 saturated carbocycles. The minimum atomic E-state index is -0.481. The van der Waals surface area contributed by atoms with Crippen LogP contribution in [0.3, 0.4) is 0 Å². The number of aromatic nitrogens is 2. The van der Waals surface area contributed by atoms with Gasteiger partial charge >= 0.3 is 6.09 Å². The molecule has 2 rings (SSSR count). The minimum absolute atomic E-state index is 0.148. The standard InChI is InChI=1S/C18H32N6O2/c1-17(2,3)11-21-13-7-14(23-15(19)22-13)24-9-12(10-24)8-20-16(25)26-18(4,5)6/h7,12H,8-11H2,1-6H3,(H,20,25)(H3,19,21,22,23). The van der Waals surface area contributed by atoms with Crippen molar-refractivity contribution < 1.29 is 9.53 Å². The van der Waals surface area contributed by atoms with Crippen LogP contribution in [0.1, 0.15) is 41.5 Å². The first-order chi connectivity index (χ1) is 11.9. The number of alkyl carbamates (subject to hydrolysis) is 1. The first-order valence-corrected chi connectivity index (χ1v) is 9.01. The van der Waals surface area contributed by atoms with E-state index in [-0.39, 0.29) is 17.5 Å². The van der Waals surface area contributed by atoms with Gasteiger partial charge in [0.25, 0.3) is 0 Å². The van der Waals surface area contributed by atoms with E-state index in [0.717, 1.165) is 31.3 Å². The van der Waals surface area contributed by atoms with Crippen LogP contribution in [0, 0.1) is 11.3 Å². The Labute approximate surface area is 155 Å². The number of carbonyl (C=O) groups is 1. The van der Waals surface area contributed by atoms with E-state index in [4.69, 9.17) is 10.5 Å². The summed E-state index contributed by atoms with van der Waals surface area (Å²) >= 11 is 0. The number of rotatable bonds is 5. The van der Waals surface area contributed by atoms with Gasteiger partial charge in [-0.25, -0.2) is 4.79 Å². The van der Waals surface area contributed by atoms with Crippen LogP contribution in [-0.2, 0) is 4.74 Å². The maximum atomic E-state index is 11.7. The number of ether oxygens (including phenoxy) is 1. The summed E-state index contributed by atoms with van der Waals surface area (Å²) < 4.78 is 5.24. The Morgan fingerprint density at radius 1 is 1.27 bits per heavy atom. The summed E-state index contributed by atoms with van der Waals surface area (Å²) in [6, 6.07) is 1.92. The van der Waals surface area contributed by atoms with Crippen LogP contribution in [0.2, 0.25) is 0 Å². The van der Waals surface area contributed by atoms with Gasteiger partial charge in [-0.1, -0.05) is 20.8 Å². The largest absolute Gasteiger partial charge is 0.444 e. The maximum Gasteiger partial charge on any atom is 0.407 e. The number of nitrogens with two attached hydrogens (primary N) is 1. The molecule has 1 aromatic heterocycles. The zero-order chi connectivity index (χ0) is 19.5. The van der Waals surface area contributed by atoms with Crippen LogP contribution < -0.4 is 21.3 Å². The highest BCUT2D eigenvalue weighted by Crippen LogP contribution is 2.25. The Hall–Kier alpha value is -2.25. The third kappa shape index (κ3) is 6.57. The van der Waals surface area contributed by atoms with Crippen LogP contribution in [0.4, 0.5) is 22.4 Å². The molecule has 1 amide bonds. The van der Waals surface area contributed by atoms with Gasteiger partial charge in [0.05, 0.1) is 0 Å². The van der Waals surface area contributed by atoms with Gasteiger partial charge in [0.1, 0.15) is 17.2 Å². The van der Waals surface area contributed by atoms with Crippen molar-refractivity contribution in [2.75, 3.05) is 42.1 Å². The monoisotopic (exact) mass is 364 g/mol. The highest BCUT2D eigenvalue weighted by Gasteiger charge is 2.29. The summed E-state index contributed by atoms with van der Waals surface area (Å²) in [6.45, 7) is 15.0. The lowest BCUT2D eigenvalue weighted by Gasteiger charge is -2.40. The van der Waals surface area contributed by atoms with Crippen LogP contribution in [0.25, 0.3) is 0 Å². The van der Waals surface area contributed by atoms with Gasteiger partial charge in [-0.05, 0) is 26.2 Å². The van der Waals surface area contributed by atoms with Crippen LogP contribution in [-0.4, -0.2) is 47.8 Å². The maximum absolute atomic E-state index is 11.7. The van der Waals surface area contributed by atoms with Crippen molar-refractivity contribution in [3.63, 3.8) is 0 Å². The SMILES string of the molecule is CC(C)(C)CNc1cc(N2CC(CNC(=O)OC(C)(C)C)C2)nc(N)n1. The van der Waals surface area contributed by atoms with Gasteiger partial charge in [0.15, 0.2) is 0 Å². The molecule has 0 bridgehead atoms. The Balaban J connectivity index is 1.83. The van der Waals surface area contributed by atoms with E-state index in [2.05, 4.69) is 46.3 Å². The van der Waals surface area contributed by atoms with Gasteiger partial charge < -0.3 is 26.0 Å². The zero-order valence-electron chi connectivity index (χ0n) is 16.7. The smallest absolute Gasteiger partial charge is 0.407 e. The molecule has 2 heterocycles. The molecule has 0 aliphatic carbocycles. The molecular weight excluding hydrogens is 332 g/mol. The molecule has 0 unspecified atom stereocenters. The molecule has 8 nitrogen and oxygen atoms in total. The van der Waals surface area contributed by atoms with Crippen LogP contribution in [0.15, 0.2) is 6.07 Å². The third-order valence-electron chi connectivity index (χ3n) is 3.74. The topological polar surface area (TPSA) is 105 Å². The van der Waals surface area contributed by atoms with E-state index in [1.165, 1.54) is 0 Å². The molecule has 0 atom stereocenters. The Morgan fingerprint density at radius 3 is 2.50 bits per heavy atom. The number of nitrogens with zero attached hydrogens (tertiary/aromatic N) is 3. The number of hydrogen-bond donors (Lipinski definition) is 3. The molecule has 1 aliphatic heterocycles. The molecule has 146 valence electrons. The summed E-state index contributed by atoms with van der Waals surface area (Å²) in [5, 5.41) is 6.13. The second-order valence-electron chi connectivity index (χ2n) is 9.04. The van der Waals surface area contributed by atoms with Crippen molar-refractivity contribution in [1.29, 1.82) is 0 Å². The first kappa shape index (κ1) is 20.1. The average Bonchev–Trinajstić information content (AvgIpc) is 2.40. The third-order valence-corrected chi connectivity index (χ3v) is 3.74. The van der Waals surface area contributed by atoms with E-state index in [9.17, 15) is 4.79 Å². The summed E-state index contributed by atoms with van der Waals surface area (Å²) in [6.07, 6.45) is -0.379. The number of nitrogens with one attached hydrogen (secondary N) is 2. The van der Waals surface area contributed by atoms with Crippen molar-refractivity contribution in [3.8, 4) is 0 Å². The molecule has 1 saturated heterocycles. The predicted molar refractivity (Wildman–Crippen MR) is 104 cm³/mol. The van der Waals surface area contributed by atoms with Crippen LogP contribution >= 0.6 is 0 Å². The molecule has 0 spiro atoms. The van der Waals surface area contributed by atoms with Crippen molar-refractivity contribution in [3.05, 3.63) is 6.07 Å². The Bertz CT molecular complexity index is 630. The van der Waals surface area contributed by atoms with Gasteiger partial charge in [0.2, 0.25) is 5.95 Å². The summed E-state index contributed by atoms with van der Waals surface area (Å²) in [5.41, 5.74) is 5.51. The molecule has 0 radical (unpaired) electrons. The van der Waals surface area contributed by atoms with Crippen molar-refractivity contribution in [2.45, 2.75) is 47.1 Å². The second-order valence-corrected chi connectivity index (χ2v) is 9.04. The fourth-order valence-corrected chi connectivity index (χ4v) is 2.49. The Morgan fingerprint density at radius 2 is 1.92 bits per heavy atom. The molecule has 4 N–H and O–H groups in total. The number of amides is 1. The molecule has 26 heavy (non-hydrogen) atoms. The van der Waals surface area contributed by atoms with E-state index in [0.29, 0.717) is 12.5 Å². The van der Waals surface area contributed by atoms with Crippen molar-refractivity contribution in [2.24, 2.45) is 11.3 Å². The molecular formula is C18H32N6O2. The zero-order valence-corrected chi connectivity index (χ0v) is 16.7. The highest BCUT2D eigenvalue weighted by atomic mass is 16.6. The summed E-state index contributed by atoms with van der Waals surface area (Å²) in [7, 11) is 0. The van der Waals surface area contributed by atoms with E-state index >= 15 is 0 Å². The van der Waals surface area contributed by atoms with Crippen molar-refractivity contribution in [1.82, 2.24) is 15.3 Å². The van der Waals surface area contributed by atoms with E-state index in [1.54, 1.807) is 0 Å². The van der Waals surface area contributed by atoms with Gasteiger partial charge in [-0.3, -0.25) is 0 Å². The predicted octanol–water partition coefficient (Wildman–Crippen LogP) is 2.48. The Kier molecular flexibility index (Phi) is 5.83. The normalized spacial score (nSPS) is 15.4. The summed E-state index contributed by atoms with van der Waals surface area (Å²) in [5.74, 6) is 2.17. The van der Waals surface area contributed by atoms with Gasteiger partial charge in [-0.2, -0.15) is 9.97 Å². The lowest BCUT2D eigenvalue weighted by molar-refractivity contribution is 0.0516. The molecule has 0 aromatic carbocycles. The fraction of sp³-hybridized carbons (Fsp3) is 0.722. The van der Waals surface area contributed by atoms with Crippen LogP contribution in [0.5, 0.6) is 0 Å². The highest BCUT2D eigenvalue weighted by molar-refractivity contribution is 5.67. The number of anilines is 3. The van der Waals surface area contributed by atoms with Gasteiger partial charge in [0, 0.05) is 38.2 Å². The number of carbonyl (C=O) groups excluding carboxylic acids is 1. The van der Waals surface area contributed by atoms with E-state index in [1.807, 2.05) is 26.8 Å². The molecule has 1 fully saturated rings. The minimum Gasteiger partial charge on any atom is -0.444 e. The molecule has 1 aromatic rings. The lowest BCUT2D eigenvalue weighted by atomic mass is 9.97. The quantitative estimate of drug-likeness (QED) is 0.737. The van der Waals surface area contributed by atoms with Gasteiger partial charge in [-0.15, -0.1) is 0 Å². The number of nitrogen functional groups attached to an aromatic ring is 1.